The highest BCUT2D eigenvalue weighted by atomic mass is 32.2. The van der Waals surface area contributed by atoms with Gasteiger partial charge in [0.25, 0.3) is 5.69 Å². The zero-order valence-electron chi connectivity index (χ0n) is 15.9. The van der Waals surface area contributed by atoms with Crippen LogP contribution in [0.2, 0.25) is 0 Å². The van der Waals surface area contributed by atoms with Crippen molar-refractivity contribution in [1.29, 1.82) is 0 Å². The molecular weight excluding hydrogens is 408 g/mol. The second kappa shape index (κ2) is 8.89. The normalized spacial score (nSPS) is 11.3. The van der Waals surface area contributed by atoms with E-state index in [2.05, 4.69) is 16.6 Å². The quantitative estimate of drug-likeness (QED) is 0.308. The molecule has 0 aliphatic rings. The van der Waals surface area contributed by atoms with Gasteiger partial charge >= 0.3 is 0 Å². The van der Waals surface area contributed by atoms with Gasteiger partial charge in [0, 0.05) is 41.5 Å². The number of carbonyl (C=O) groups excluding carboxylic acids is 1. The lowest BCUT2D eigenvalue weighted by Crippen LogP contribution is -2.25. The van der Waals surface area contributed by atoms with Gasteiger partial charge in [-0.25, -0.2) is 13.1 Å². The smallest absolute Gasteiger partial charge is 0.270 e. The minimum atomic E-state index is -3.45. The number of hydrogen-bond acceptors (Lipinski definition) is 5. The van der Waals surface area contributed by atoms with E-state index in [1.807, 2.05) is 0 Å². The van der Waals surface area contributed by atoms with Crippen molar-refractivity contribution in [3.63, 3.8) is 0 Å². The number of fused-ring (bicyclic) bond motifs is 1. The van der Waals surface area contributed by atoms with E-state index in [0.29, 0.717) is 22.2 Å². The minimum absolute atomic E-state index is 0.00787. The maximum absolute atomic E-state index is 12.4. The Balaban J connectivity index is 1.63. The molecule has 10 heteroatoms. The Morgan fingerprint density at radius 3 is 2.57 bits per heavy atom. The van der Waals surface area contributed by atoms with Crippen molar-refractivity contribution in [3.8, 4) is 0 Å². The van der Waals surface area contributed by atoms with Gasteiger partial charge in [-0.15, -0.1) is 6.58 Å². The molecule has 0 aliphatic heterocycles. The maximum Gasteiger partial charge on any atom is 0.270 e. The SMILES string of the molecule is C=CCNS(=O)(=O)Cc1ccc(NC(=O)Cn2ccc3cc([N+](=O)[O-])ccc32)cc1. The second-order valence-electron chi connectivity index (χ2n) is 6.59. The van der Waals surface area contributed by atoms with Gasteiger partial charge in [0.1, 0.15) is 6.54 Å². The molecule has 0 aliphatic carbocycles. The van der Waals surface area contributed by atoms with Crippen LogP contribution in [0.25, 0.3) is 10.9 Å². The van der Waals surface area contributed by atoms with Crippen molar-refractivity contribution in [2.45, 2.75) is 12.3 Å². The molecule has 0 unspecified atom stereocenters. The topological polar surface area (TPSA) is 123 Å². The summed E-state index contributed by atoms with van der Waals surface area (Å²) in [6, 6.07) is 12.7. The van der Waals surface area contributed by atoms with E-state index in [-0.39, 0.29) is 30.4 Å². The summed E-state index contributed by atoms with van der Waals surface area (Å²) < 4.78 is 27.9. The molecule has 0 atom stereocenters. The Kier molecular flexibility index (Phi) is 6.28. The predicted molar refractivity (Wildman–Crippen MR) is 114 cm³/mol. The lowest BCUT2D eigenvalue weighted by atomic mass is 10.2. The molecule has 0 saturated heterocycles. The van der Waals surface area contributed by atoms with Crippen molar-refractivity contribution in [3.05, 3.63) is 83.1 Å². The van der Waals surface area contributed by atoms with Gasteiger partial charge in [0.15, 0.2) is 0 Å². The molecule has 9 nitrogen and oxygen atoms in total. The van der Waals surface area contributed by atoms with Crippen LogP contribution in [0.15, 0.2) is 67.4 Å². The number of sulfonamides is 1. The lowest BCUT2D eigenvalue weighted by Gasteiger charge is -2.09. The molecule has 1 heterocycles. The number of nitrogens with zero attached hydrogens (tertiary/aromatic N) is 2. The number of anilines is 1. The number of aromatic nitrogens is 1. The third-order valence-electron chi connectivity index (χ3n) is 4.32. The van der Waals surface area contributed by atoms with Gasteiger partial charge in [-0.2, -0.15) is 0 Å². The van der Waals surface area contributed by atoms with Crippen LogP contribution in [0.4, 0.5) is 11.4 Å². The molecule has 0 saturated carbocycles. The summed E-state index contributed by atoms with van der Waals surface area (Å²) in [6.07, 6.45) is 3.16. The van der Waals surface area contributed by atoms with Crippen LogP contribution in [0.5, 0.6) is 0 Å². The van der Waals surface area contributed by atoms with E-state index < -0.39 is 14.9 Å². The van der Waals surface area contributed by atoms with Gasteiger partial charge in [-0.3, -0.25) is 14.9 Å². The number of amides is 1. The number of non-ortho nitro benzene ring substituents is 1. The molecule has 30 heavy (non-hydrogen) atoms. The molecule has 3 aromatic rings. The number of nitrogens with one attached hydrogen (secondary N) is 2. The first-order valence-electron chi connectivity index (χ1n) is 8.98. The van der Waals surface area contributed by atoms with Crippen LogP contribution in [0, 0.1) is 10.1 Å². The molecule has 0 spiro atoms. The first-order valence-corrected chi connectivity index (χ1v) is 10.6. The van der Waals surface area contributed by atoms with Gasteiger partial charge in [0.2, 0.25) is 15.9 Å². The zero-order valence-corrected chi connectivity index (χ0v) is 16.8. The summed E-state index contributed by atoms with van der Waals surface area (Å²) in [7, 11) is -3.45. The second-order valence-corrected chi connectivity index (χ2v) is 8.39. The molecular formula is C20H20N4O5S. The fourth-order valence-electron chi connectivity index (χ4n) is 2.93. The first kappa shape index (κ1) is 21.2. The third-order valence-corrected chi connectivity index (χ3v) is 5.64. The highest BCUT2D eigenvalue weighted by Gasteiger charge is 2.12. The van der Waals surface area contributed by atoms with Crippen molar-refractivity contribution in [1.82, 2.24) is 9.29 Å². The summed E-state index contributed by atoms with van der Waals surface area (Å²) in [5, 5.41) is 14.3. The predicted octanol–water partition coefficient (Wildman–Crippen LogP) is 2.79. The Morgan fingerprint density at radius 2 is 1.90 bits per heavy atom. The Labute approximate surface area is 173 Å². The summed E-state index contributed by atoms with van der Waals surface area (Å²) in [5.41, 5.74) is 1.82. The van der Waals surface area contributed by atoms with Gasteiger partial charge in [-0.1, -0.05) is 18.2 Å². The number of hydrogen-bond donors (Lipinski definition) is 2. The first-order chi connectivity index (χ1) is 14.3. The van der Waals surface area contributed by atoms with Crippen molar-refractivity contribution in [2.24, 2.45) is 0 Å². The van der Waals surface area contributed by atoms with E-state index >= 15 is 0 Å². The number of nitro groups is 1. The fraction of sp³-hybridized carbons (Fsp3) is 0.150. The van der Waals surface area contributed by atoms with E-state index in [1.165, 1.54) is 18.2 Å². The molecule has 2 N–H and O–H groups in total. The number of carbonyl (C=O) groups is 1. The average molecular weight is 428 g/mol. The van der Waals surface area contributed by atoms with Crippen LogP contribution < -0.4 is 10.0 Å². The molecule has 156 valence electrons. The highest BCUT2D eigenvalue weighted by Crippen LogP contribution is 2.22. The van der Waals surface area contributed by atoms with Crippen LogP contribution in [0.1, 0.15) is 5.56 Å². The highest BCUT2D eigenvalue weighted by molar-refractivity contribution is 7.88. The minimum Gasteiger partial charge on any atom is -0.338 e. The summed E-state index contributed by atoms with van der Waals surface area (Å²) in [5.74, 6) is -0.449. The largest absolute Gasteiger partial charge is 0.338 e. The molecule has 0 radical (unpaired) electrons. The number of nitro benzene ring substituents is 1. The van der Waals surface area contributed by atoms with E-state index in [4.69, 9.17) is 0 Å². The average Bonchev–Trinajstić information content (AvgIpc) is 3.09. The summed E-state index contributed by atoms with van der Waals surface area (Å²) in [4.78, 5) is 22.8. The standard InChI is InChI=1S/C20H20N4O5S/c1-2-10-21-30(28,29)14-15-3-5-17(6-4-15)22-20(25)13-23-11-9-16-12-18(24(26)27)7-8-19(16)23/h2-9,11-12,21H,1,10,13-14H2,(H,22,25). The van der Waals surface area contributed by atoms with Gasteiger partial charge in [0.05, 0.1) is 10.7 Å². The van der Waals surface area contributed by atoms with Crippen LogP contribution in [0.3, 0.4) is 0 Å². The maximum atomic E-state index is 12.4. The van der Waals surface area contributed by atoms with Gasteiger partial charge < -0.3 is 9.88 Å². The number of benzene rings is 2. The molecule has 3 rings (SSSR count). The lowest BCUT2D eigenvalue weighted by molar-refractivity contribution is -0.384. The Morgan fingerprint density at radius 1 is 1.17 bits per heavy atom. The number of rotatable bonds is 9. The molecule has 1 amide bonds. The van der Waals surface area contributed by atoms with Crippen LogP contribution in [-0.2, 0) is 27.1 Å². The van der Waals surface area contributed by atoms with E-state index in [9.17, 15) is 23.3 Å². The molecule has 2 aromatic carbocycles. The summed E-state index contributed by atoms with van der Waals surface area (Å²) >= 11 is 0. The van der Waals surface area contributed by atoms with Crippen molar-refractivity contribution < 1.29 is 18.1 Å². The van der Waals surface area contributed by atoms with Crippen LogP contribution in [-0.4, -0.2) is 30.4 Å². The van der Waals surface area contributed by atoms with Crippen LogP contribution >= 0.6 is 0 Å². The zero-order chi connectivity index (χ0) is 21.7. The molecule has 0 bridgehead atoms. The Bertz CT molecular complexity index is 1200. The molecule has 1 aromatic heterocycles. The third kappa shape index (κ3) is 5.31. The van der Waals surface area contributed by atoms with Gasteiger partial charge in [-0.05, 0) is 29.8 Å². The fourth-order valence-corrected chi connectivity index (χ4v) is 4.04. The monoisotopic (exact) mass is 428 g/mol. The van der Waals surface area contributed by atoms with E-state index in [1.54, 1.807) is 47.2 Å². The Hall–Kier alpha value is -3.50. The van der Waals surface area contributed by atoms with Crippen molar-refractivity contribution >= 4 is 38.2 Å². The molecule has 0 fully saturated rings. The van der Waals surface area contributed by atoms with E-state index in [0.717, 1.165) is 0 Å². The van der Waals surface area contributed by atoms with Crippen molar-refractivity contribution in [2.75, 3.05) is 11.9 Å². The summed E-state index contributed by atoms with van der Waals surface area (Å²) in [6.45, 7) is 3.66.